The zero-order chi connectivity index (χ0) is 11.7. The van der Waals surface area contributed by atoms with E-state index in [2.05, 4.69) is 13.2 Å². The van der Waals surface area contributed by atoms with Crippen molar-refractivity contribution < 1.29 is 14.7 Å². The van der Waals surface area contributed by atoms with E-state index in [0.717, 1.165) is 12.8 Å². The van der Waals surface area contributed by atoms with E-state index in [4.69, 9.17) is 10.8 Å². The van der Waals surface area contributed by atoms with Crippen molar-refractivity contribution in [3.63, 3.8) is 0 Å². The molecular weight excluding hydrogens is 182 g/mol. The molecular formula is C10H17NO3. The van der Waals surface area contributed by atoms with Crippen LogP contribution >= 0.6 is 0 Å². The molecule has 0 aromatic rings. The van der Waals surface area contributed by atoms with E-state index in [0.29, 0.717) is 5.57 Å². The van der Waals surface area contributed by atoms with Gasteiger partial charge in [0.2, 0.25) is 5.91 Å². The van der Waals surface area contributed by atoms with Gasteiger partial charge in [0.05, 0.1) is 0 Å². The number of carboxylic acid groups (broad SMARTS) is 1. The van der Waals surface area contributed by atoms with Crippen LogP contribution in [0.5, 0.6) is 0 Å². The summed E-state index contributed by atoms with van der Waals surface area (Å²) >= 11 is 0. The lowest BCUT2D eigenvalue weighted by Gasteiger charge is -1.93. The van der Waals surface area contributed by atoms with Gasteiger partial charge in [-0.3, -0.25) is 4.79 Å². The first-order valence-electron chi connectivity index (χ1n) is 4.19. The summed E-state index contributed by atoms with van der Waals surface area (Å²) in [5.74, 6) is -1.32. The van der Waals surface area contributed by atoms with Crippen molar-refractivity contribution in [1.82, 2.24) is 0 Å². The molecule has 0 aliphatic heterocycles. The van der Waals surface area contributed by atoms with Gasteiger partial charge in [0.15, 0.2) is 0 Å². The summed E-state index contributed by atoms with van der Waals surface area (Å²) in [6.45, 7) is 10.1. The number of primary amides is 1. The van der Waals surface area contributed by atoms with Crippen molar-refractivity contribution in [1.29, 1.82) is 0 Å². The second-order valence-electron chi connectivity index (χ2n) is 2.80. The average Bonchev–Trinajstić information content (AvgIpc) is 2.05. The van der Waals surface area contributed by atoms with Crippen molar-refractivity contribution >= 4 is 11.9 Å². The van der Waals surface area contributed by atoms with Crippen molar-refractivity contribution in [3.05, 3.63) is 24.3 Å². The molecule has 0 unspecified atom stereocenters. The van der Waals surface area contributed by atoms with E-state index in [9.17, 15) is 9.59 Å². The molecule has 0 aromatic carbocycles. The van der Waals surface area contributed by atoms with Crippen LogP contribution in [0.4, 0.5) is 0 Å². The quantitative estimate of drug-likeness (QED) is 0.673. The van der Waals surface area contributed by atoms with Crippen molar-refractivity contribution in [2.24, 2.45) is 5.73 Å². The highest BCUT2D eigenvalue weighted by molar-refractivity contribution is 5.91. The minimum atomic E-state index is -0.935. The first kappa shape index (κ1) is 14.9. The summed E-state index contributed by atoms with van der Waals surface area (Å²) in [4.78, 5) is 19.8. The van der Waals surface area contributed by atoms with Gasteiger partial charge in [0.25, 0.3) is 0 Å². The standard InChI is InChI=1S/C6H11NO.C4H6O2/c1-3-4-5(2)6(7)8;1-3(2)4(5)6/h2-4H2,1H3,(H2,7,8);1H2,2H3,(H,5,6). The van der Waals surface area contributed by atoms with Gasteiger partial charge in [0.1, 0.15) is 0 Å². The Morgan fingerprint density at radius 1 is 1.36 bits per heavy atom. The van der Waals surface area contributed by atoms with Crippen LogP contribution in [0.15, 0.2) is 24.3 Å². The van der Waals surface area contributed by atoms with Crippen LogP contribution in [-0.2, 0) is 9.59 Å². The molecule has 0 rings (SSSR count). The number of hydrogen-bond acceptors (Lipinski definition) is 2. The predicted molar refractivity (Wildman–Crippen MR) is 55.7 cm³/mol. The molecule has 0 bridgehead atoms. The van der Waals surface area contributed by atoms with Gasteiger partial charge < -0.3 is 10.8 Å². The van der Waals surface area contributed by atoms with Crippen LogP contribution in [0.25, 0.3) is 0 Å². The normalized spacial score (nSPS) is 8.14. The topological polar surface area (TPSA) is 80.4 Å². The van der Waals surface area contributed by atoms with Gasteiger partial charge in [-0.25, -0.2) is 4.79 Å². The zero-order valence-corrected chi connectivity index (χ0v) is 8.67. The third kappa shape index (κ3) is 10.4. The molecule has 0 aliphatic rings. The molecule has 0 aliphatic carbocycles. The molecule has 4 nitrogen and oxygen atoms in total. The van der Waals surface area contributed by atoms with Gasteiger partial charge in [-0.05, 0) is 13.3 Å². The van der Waals surface area contributed by atoms with Crippen LogP contribution in [0.3, 0.4) is 0 Å². The second-order valence-corrected chi connectivity index (χ2v) is 2.80. The number of hydrogen-bond donors (Lipinski definition) is 2. The van der Waals surface area contributed by atoms with E-state index >= 15 is 0 Å². The molecule has 0 heterocycles. The van der Waals surface area contributed by atoms with Gasteiger partial charge in [-0.1, -0.05) is 26.5 Å². The van der Waals surface area contributed by atoms with Crippen LogP contribution in [0, 0.1) is 0 Å². The predicted octanol–water partition coefficient (Wildman–Crippen LogP) is 1.48. The highest BCUT2D eigenvalue weighted by atomic mass is 16.4. The van der Waals surface area contributed by atoms with E-state index in [1.807, 2.05) is 6.92 Å². The smallest absolute Gasteiger partial charge is 0.330 e. The summed E-state index contributed by atoms with van der Waals surface area (Å²) in [6.07, 6.45) is 1.65. The number of amides is 1. The third-order valence-electron chi connectivity index (χ3n) is 1.27. The van der Waals surface area contributed by atoms with Gasteiger partial charge in [-0.2, -0.15) is 0 Å². The van der Waals surface area contributed by atoms with Crippen molar-refractivity contribution in [2.45, 2.75) is 26.7 Å². The Kier molecular flexibility index (Phi) is 8.57. The van der Waals surface area contributed by atoms with E-state index in [-0.39, 0.29) is 11.5 Å². The van der Waals surface area contributed by atoms with Crippen molar-refractivity contribution in [2.75, 3.05) is 0 Å². The maximum Gasteiger partial charge on any atom is 0.330 e. The number of carboxylic acids is 1. The number of aliphatic carboxylic acids is 1. The van der Waals surface area contributed by atoms with E-state index in [1.54, 1.807) is 0 Å². The Morgan fingerprint density at radius 2 is 1.71 bits per heavy atom. The summed E-state index contributed by atoms with van der Waals surface area (Å²) in [7, 11) is 0. The van der Waals surface area contributed by atoms with Crippen LogP contribution in [0.1, 0.15) is 26.7 Å². The zero-order valence-electron chi connectivity index (χ0n) is 8.67. The molecule has 0 fully saturated rings. The Bertz CT molecular complexity index is 232. The molecule has 3 N–H and O–H groups in total. The molecule has 0 aromatic heterocycles. The summed E-state index contributed by atoms with van der Waals surface area (Å²) in [5.41, 5.74) is 5.58. The summed E-state index contributed by atoms with van der Waals surface area (Å²) in [6, 6.07) is 0. The summed E-state index contributed by atoms with van der Waals surface area (Å²) < 4.78 is 0. The Morgan fingerprint density at radius 3 is 1.79 bits per heavy atom. The Labute approximate surface area is 84.1 Å². The second kappa shape index (κ2) is 8.04. The van der Waals surface area contributed by atoms with E-state index in [1.165, 1.54) is 6.92 Å². The van der Waals surface area contributed by atoms with Crippen LogP contribution in [0.2, 0.25) is 0 Å². The number of carbonyl (C=O) groups excluding carboxylic acids is 1. The monoisotopic (exact) mass is 199 g/mol. The lowest BCUT2D eigenvalue weighted by molar-refractivity contribution is -0.132. The number of nitrogens with two attached hydrogens (primary N) is 1. The highest BCUT2D eigenvalue weighted by Crippen LogP contribution is 1.98. The minimum Gasteiger partial charge on any atom is -0.478 e. The largest absolute Gasteiger partial charge is 0.478 e. The first-order valence-corrected chi connectivity index (χ1v) is 4.19. The Balaban J connectivity index is 0. The third-order valence-corrected chi connectivity index (χ3v) is 1.27. The van der Waals surface area contributed by atoms with E-state index < -0.39 is 5.97 Å². The highest BCUT2D eigenvalue weighted by Gasteiger charge is 1.96. The molecule has 0 atom stereocenters. The fourth-order valence-electron chi connectivity index (χ4n) is 0.425. The molecule has 0 saturated heterocycles. The summed E-state index contributed by atoms with van der Waals surface area (Å²) in [5, 5.41) is 7.89. The minimum absolute atomic E-state index is 0.176. The van der Waals surface area contributed by atoms with Crippen LogP contribution in [-0.4, -0.2) is 17.0 Å². The average molecular weight is 199 g/mol. The first-order chi connectivity index (χ1) is 6.32. The molecule has 80 valence electrons. The SMILES string of the molecule is C=C(C)C(=O)O.C=C(CCC)C(N)=O. The maximum atomic E-state index is 10.2. The van der Waals surface area contributed by atoms with Gasteiger partial charge in [-0.15, -0.1) is 0 Å². The molecule has 0 radical (unpaired) electrons. The molecule has 0 spiro atoms. The number of rotatable bonds is 4. The lowest BCUT2D eigenvalue weighted by atomic mass is 10.2. The lowest BCUT2D eigenvalue weighted by Crippen LogP contribution is -2.12. The van der Waals surface area contributed by atoms with Crippen LogP contribution < -0.4 is 5.73 Å². The number of carbonyl (C=O) groups is 2. The van der Waals surface area contributed by atoms with Gasteiger partial charge >= 0.3 is 5.97 Å². The fraction of sp³-hybridized carbons (Fsp3) is 0.400. The molecule has 14 heavy (non-hydrogen) atoms. The fourth-order valence-corrected chi connectivity index (χ4v) is 0.425. The molecule has 4 heteroatoms. The Hall–Kier alpha value is -1.58. The van der Waals surface area contributed by atoms with Gasteiger partial charge in [0, 0.05) is 11.1 Å². The molecule has 1 amide bonds. The van der Waals surface area contributed by atoms with Crippen molar-refractivity contribution in [3.8, 4) is 0 Å². The molecule has 0 saturated carbocycles. The maximum absolute atomic E-state index is 10.2.